The number of nitrogens with zero attached hydrogens (tertiary/aromatic N) is 2. The molecular weight excluding hydrogens is 192 g/mol. The Labute approximate surface area is 87.7 Å². The van der Waals surface area contributed by atoms with Crippen LogP contribution in [-0.2, 0) is 6.42 Å². The van der Waals surface area contributed by atoms with Crippen LogP contribution in [0.5, 0.6) is 0 Å². The van der Waals surface area contributed by atoms with Gasteiger partial charge in [-0.2, -0.15) is 0 Å². The lowest BCUT2D eigenvalue weighted by Gasteiger charge is -2.02. The zero-order valence-electron chi connectivity index (χ0n) is 8.32. The summed E-state index contributed by atoms with van der Waals surface area (Å²) in [5.74, 6) is 0. The molecule has 0 aliphatic heterocycles. The molecule has 0 aromatic carbocycles. The molecule has 0 unspecified atom stereocenters. The van der Waals surface area contributed by atoms with E-state index in [1.54, 1.807) is 11.3 Å². The topological polar surface area (TPSA) is 25.8 Å². The predicted molar refractivity (Wildman–Crippen MR) is 59.5 cm³/mol. The molecule has 0 saturated carbocycles. The fourth-order valence-corrected chi connectivity index (χ4v) is 2.25. The molecule has 2 rings (SSSR count). The van der Waals surface area contributed by atoms with Crippen molar-refractivity contribution >= 4 is 11.3 Å². The van der Waals surface area contributed by atoms with E-state index in [2.05, 4.69) is 22.3 Å². The summed E-state index contributed by atoms with van der Waals surface area (Å²) in [7, 11) is 0. The lowest BCUT2D eigenvalue weighted by molar-refractivity contribution is 1.10. The Morgan fingerprint density at radius 2 is 2.29 bits per heavy atom. The van der Waals surface area contributed by atoms with Crippen molar-refractivity contribution < 1.29 is 0 Å². The molecule has 0 spiro atoms. The fraction of sp³-hybridized carbons (Fsp3) is 0.273. The molecule has 0 amide bonds. The maximum atomic E-state index is 4.48. The average molecular weight is 204 g/mol. The van der Waals surface area contributed by atoms with E-state index >= 15 is 0 Å². The van der Waals surface area contributed by atoms with Crippen molar-refractivity contribution in [3.05, 3.63) is 35.1 Å². The van der Waals surface area contributed by atoms with Crippen molar-refractivity contribution in [1.82, 2.24) is 9.97 Å². The van der Waals surface area contributed by atoms with E-state index in [1.807, 2.05) is 25.4 Å². The summed E-state index contributed by atoms with van der Waals surface area (Å²) in [6.07, 6.45) is 4.75. The van der Waals surface area contributed by atoms with Gasteiger partial charge in [-0.3, -0.25) is 4.98 Å². The third kappa shape index (κ3) is 1.68. The summed E-state index contributed by atoms with van der Waals surface area (Å²) in [5, 5.41) is 3.18. The van der Waals surface area contributed by atoms with Gasteiger partial charge in [0.15, 0.2) is 0 Å². The smallest absolute Gasteiger partial charge is 0.123 e. The van der Waals surface area contributed by atoms with Crippen LogP contribution in [0.4, 0.5) is 0 Å². The molecule has 0 aliphatic rings. The molecule has 0 radical (unpaired) electrons. The SMILES string of the molecule is CCc1cnccc1-c1nc(C)cs1. The molecule has 72 valence electrons. The second-order valence-electron chi connectivity index (χ2n) is 3.18. The Bertz CT molecular complexity index is 434. The van der Waals surface area contributed by atoms with Crippen molar-refractivity contribution in [2.45, 2.75) is 20.3 Å². The molecule has 0 bridgehead atoms. The minimum absolute atomic E-state index is 1.00. The minimum atomic E-state index is 1.00. The first-order valence-electron chi connectivity index (χ1n) is 4.66. The van der Waals surface area contributed by atoms with Crippen LogP contribution >= 0.6 is 11.3 Å². The van der Waals surface area contributed by atoms with Gasteiger partial charge in [0.1, 0.15) is 5.01 Å². The highest BCUT2D eigenvalue weighted by Gasteiger charge is 2.06. The molecule has 14 heavy (non-hydrogen) atoms. The summed E-state index contributed by atoms with van der Waals surface area (Å²) in [5.41, 5.74) is 3.58. The first-order valence-corrected chi connectivity index (χ1v) is 5.54. The van der Waals surface area contributed by atoms with E-state index in [1.165, 1.54) is 11.1 Å². The zero-order chi connectivity index (χ0) is 9.97. The molecule has 0 N–H and O–H groups in total. The zero-order valence-corrected chi connectivity index (χ0v) is 9.14. The van der Waals surface area contributed by atoms with E-state index < -0.39 is 0 Å². The molecule has 2 aromatic heterocycles. The van der Waals surface area contributed by atoms with Gasteiger partial charge in [0.05, 0.1) is 0 Å². The maximum Gasteiger partial charge on any atom is 0.123 e. The van der Waals surface area contributed by atoms with Gasteiger partial charge in [0.2, 0.25) is 0 Å². The lowest BCUT2D eigenvalue weighted by atomic mass is 10.1. The number of rotatable bonds is 2. The van der Waals surface area contributed by atoms with Gasteiger partial charge in [-0.15, -0.1) is 11.3 Å². The quantitative estimate of drug-likeness (QED) is 0.751. The largest absolute Gasteiger partial charge is 0.264 e. The Hall–Kier alpha value is -1.22. The Morgan fingerprint density at radius 3 is 2.93 bits per heavy atom. The van der Waals surface area contributed by atoms with E-state index in [9.17, 15) is 0 Å². The third-order valence-corrected chi connectivity index (χ3v) is 3.13. The molecule has 2 aromatic rings. The van der Waals surface area contributed by atoms with Gasteiger partial charge in [-0.1, -0.05) is 6.92 Å². The van der Waals surface area contributed by atoms with Crippen molar-refractivity contribution in [2.75, 3.05) is 0 Å². The molecule has 0 atom stereocenters. The van der Waals surface area contributed by atoms with E-state index in [0.29, 0.717) is 0 Å². The fourth-order valence-electron chi connectivity index (χ4n) is 1.40. The van der Waals surface area contributed by atoms with E-state index in [4.69, 9.17) is 0 Å². The summed E-state index contributed by atoms with van der Waals surface area (Å²) < 4.78 is 0. The number of pyridine rings is 1. The van der Waals surface area contributed by atoms with E-state index in [0.717, 1.165) is 17.1 Å². The van der Waals surface area contributed by atoms with E-state index in [-0.39, 0.29) is 0 Å². The molecule has 0 fully saturated rings. The molecule has 0 saturated heterocycles. The van der Waals surface area contributed by atoms with Gasteiger partial charge in [0, 0.05) is 29.0 Å². The number of aryl methyl sites for hydroxylation is 2. The normalized spacial score (nSPS) is 10.4. The lowest BCUT2D eigenvalue weighted by Crippen LogP contribution is -1.88. The minimum Gasteiger partial charge on any atom is -0.264 e. The predicted octanol–water partition coefficient (Wildman–Crippen LogP) is 3.08. The first kappa shape index (κ1) is 9.34. The molecular formula is C11H12N2S. The van der Waals surface area contributed by atoms with Gasteiger partial charge in [0.25, 0.3) is 0 Å². The number of thiazole rings is 1. The van der Waals surface area contributed by atoms with Gasteiger partial charge < -0.3 is 0 Å². The summed E-state index contributed by atoms with van der Waals surface area (Å²) >= 11 is 1.69. The van der Waals surface area contributed by atoms with Crippen molar-refractivity contribution in [3.63, 3.8) is 0 Å². The second-order valence-corrected chi connectivity index (χ2v) is 4.04. The summed E-state index contributed by atoms with van der Waals surface area (Å²) in [6, 6.07) is 2.04. The van der Waals surface area contributed by atoms with Crippen molar-refractivity contribution in [1.29, 1.82) is 0 Å². The summed E-state index contributed by atoms with van der Waals surface area (Å²) in [4.78, 5) is 8.61. The third-order valence-electron chi connectivity index (χ3n) is 2.13. The molecule has 3 heteroatoms. The highest BCUT2D eigenvalue weighted by Crippen LogP contribution is 2.26. The summed E-state index contributed by atoms with van der Waals surface area (Å²) in [6.45, 7) is 4.16. The van der Waals surface area contributed by atoms with Crippen LogP contribution in [0, 0.1) is 6.92 Å². The standard InChI is InChI=1S/C11H12N2S/c1-3-9-6-12-5-4-10(9)11-13-8(2)7-14-11/h4-7H,3H2,1-2H3. The maximum absolute atomic E-state index is 4.48. The van der Waals surface area contributed by atoms with Crippen LogP contribution in [-0.4, -0.2) is 9.97 Å². The molecule has 2 heterocycles. The van der Waals surface area contributed by atoms with Crippen molar-refractivity contribution in [3.8, 4) is 10.6 Å². The number of aromatic nitrogens is 2. The van der Waals surface area contributed by atoms with Crippen molar-refractivity contribution in [2.24, 2.45) is 0 Å². The van der Waals surface area contributed by atoms with Gasteiger partial charge in [-0.05, 0) is 25.0 Å². The van der Waals surface area contributed by atoms with Crippen LogP contribution in [0.15, 0.2) is 23.8 Å². The molecule has 2 nitrogen and oxygen atoms in total. The first-order chi connectivity index (χ1) is 6.81. The average Bonchev–Trinajstić information content (AvgIpc) is 2.65. The van der Waals surface area contributed by atoms with Crippen LogP contribution in [0.2, 0.25) is 0 Å². The Kier molecular flexibility index (Phi) is 2.59. The highest BCUT2D eigenvalue weighted by molar-refractivity contribution is 7.13. The number of hydrogen-bond acceptors (Lipinski definition) is 3. The monoisotopic (exact) mass is 204 g/mol. The van der Waals surface area contributed by atoms with Crippen LogP contribution < -0.4 is 0 Å². The Morgan fingerprint density at radius 1 is 1.43 bits per heavy atom. The molecule has 0 aliphatic carbocycles. The van der Waals surface area contributed by atoms with Crippen LogP contribution in [0.25, 0.3) is 10.6 Å². The number of hydrogen-bond donors (Lipinski definition) is 0. The second kappa shape index (κ2) is 3.88. The highest BCUT2D eigenvalue weighted by atomic mass is 32.1. The van der Waals surface area contributed by atoms with Gasteiger partial charge >= 0.3 is 0 Å². The van der Waals surface area contributed by atoms with Crippen LogP contribution in [0.1, 0.15) is 18.2 Å². The van der Waals surface area contributed by atoms with Crippen LogP contribution in [0.3, 0.4) is 0 Å². The van der Waals surface area contributed by atoms with Gasteiger partial charge in [-0.25, -0.2) is 4.98 Å². The Balaban J connectivity index is 2.50.